The summed E-state index contributed by atoms with van der Waals surface area (Å²) in [7, 11) is 0. The lowest BCUT2D eigenvalue weighted by Crippen LogP contribution is -2.01. The van der Waals surface area contributed by atoms with Crippen LogP contribution in [0.3, 0.4) is 0 Å². The molecule has 0 spiro atoms. The summed E-state index contributed by atoms with van der Waals surface area (Å²) in [6.45, 7) is 3.71. The van der Waals surface area contributed by atoms with Crippen molar-refractivity contribution in [1.82, 2.24) is 0 Å². The Bertz CT molecular complexity index is 1440. The summed E-state index contributed by atoms with van der Waals surface area (Å²) in [6, 6.07) is 20.4. The summed E-state index contributed by atoms with van der Waals surface area (Å²) in [5.41, 5.74) is 3.89. The largest absolute Gasteiger partial charge is 0.204 e. The van der Waals surface area contributed by atoms with Gasteiger partial charge in [-0.2, -0.15) is 0 Å². The highest BCUT2D eigenvalue weighted by Gasteiger charge is 2.16. The predicted molar refractivity (Wildman–Crippen MR) is 123 cm³/mol. The second kappa shape index (κ2) is 9.04. The first-order valence-corrected chi connectivity index (χ1v) is 10.3. The molecule has 0 nitrogen and oxygen atoms in total. The Kier molecular flexibility index (Phi) is 6.02. The standard InChI is InChI=1S/C29H19F3/c1-3-24-23(18-27(30)29(32)28(24)31)17-16-22-15-14-21(25-6-4-5-7-26(22)25)13-12-20-10-8-19(2)9-11-20/h4-11,14-15,18H,3H2,1-2H3. The van der Waals surface area contributed by atoms with Gasteiger partial charge in [-0.05, 0) is 54.4 Å². The first-order valence-electron chi connectivity index (χ1n) is 10.3. The van der Waals surface area contributed by atoms with E-state index in [0.29, 0.717) is 5.56 Å². The van der Waals surface area contributed by atoms with Crippen LogP contribution in [-0.2, 0) is 6.42 Å². The Labute approximate surface area is 185 Å². The lowest BCUT2D eigenvalue weighted by molar-refractivity contribution is 0.441. The van der Waals surface area contributed by atoms with E-state index in [1.165, 1.54) is 5.56 Å². The van der Waals surface area contributed by atoms with E-state index in [9.17, 15) is 13.2 Å². The first kappa shape index (κ1) is 21.3. The normalized spacial score (nSPS) is 10.3. The van der Waals surface area contributed by atoms with E-state index in [0.717, 1.165) is 28.0 Å². The number of aryl methyl sites for hydroxylation is 1. The van der Waals surface area contributed by atoms with Crippen molar-refractivity contribution in [2.75, 3.05) is 0 Å². The second-order valence-electron chi connectivity index (χ2n) is 7.44. The van der Waals surface area contributed by atoms with Gasteiger partial charge in [-0.25, -0.2) is 13.2 Å². The molecular formula is C29H19F3. The predicted octanol–water partition coefficient (Wildman–Crippen LogP) is 6.93. The summed E-state index contributed by atoms with van der Waals surface area (Å²) >= 11 is 0. The lowest BCUT2D eigenvalue weighted by Gasteiger charge is -2.06. The maximum absolute atomic E-state index is 14.1. The van der Waals surface area contributed by atoms with Crippen LogP contribution in [0.4, 0.5) is 13.2 Å². The molecule has 4 rings (SSSR count). The average molecular weight is 424 g/mol. The Morgan fingerprint density at radius 1 is 0.656 bits per heavy atom. The van der Waals surface area contributed by atoms with Gasteiger partial charge in [0.1, 0.15) is 0 Å². The summed E-state index contributed by atoms with van der Waals surface area (Å²) in [4.78, 5) is 0. The molecule has 0 unspecified atom stereocenters. The first-order chi connectivity index (χ1) is 15.5. The summed E-state index contributed by atoms with van der Waals surface area (Å²) in [5, 5.41) is 1.82. The Morgan fingerprint density at radius 2 is 1.22 bits per heavy atom. The molecule has 0 fully saturated rings. The highest BCUT2D eigenvalue weighted by molar-refractivity contribution is 5.93. The summed E-state index contributed by atoms with van der Waals surface area (Å²) in [5.74, 6) is 8.37. The van der Waals surface area contributed by atoms with Crippen LogP contribution in [0.5, 0.6) is 0 Å². The van der Waals surface area contributed by atoms with Gasteiger partial charge in [-0.15, -0.1) is 0 Å². The van der Waals surface area contributed by atoms with E-state index in [4.69, 9.17) is 0 Å². The monoisotopic (exact) mass is 424 g/mol. The number of halogens is 3. The van der Waals surface area contributed by atoms with Crippen molar-refractivity contribution in [3.05, 3.63) is 118 Å². The van der Waals surface area contributed by atoms with Crippen molar-refractivity contribution in [2.24, 2.45) is 0 Å². The summed E-state index contributed by atoms with van der Waals surface area (Å²) in [6.07, 6.45) is 0.210. The SMILES string of the molecule is CCc1c(C#Cc2ccc(C#Cc3ccc(C)cc3)c3ccccc23)cc(F)c(F)c1F. The fraction of sp³-hybridized carbons (Fsp3) is 0.103. The number of fused-ring (bicyclic) bond motifs is 1. The van der Waals surface area contributed by atoms with Gasteiger partial charge in [0.25, 0.3) is 0 Å². The van der Waals surface area contributed by atoms with Crippen molar-refractivity contribution in [2.45, 2.75) is 20.3 Å². The van der Waals surface area contributed by atoms with Gasteiger partial charge >= 0.3 is 0 Å². The lowest BCUT2D eigenvalue weighted by atomic mass is 9.98. The van der Waals surface area contributed by atoms with E-state index in [2.05, 4.69) is 23.7 Å². The Morgan fingerprint density at radius 3 is 1.81 bits per heavy atom. The molecule has 0 aliphatic rings. The molecule has 32 heavy (non-hydrogen) atoms. The van der Waals surface area contributed by atoms with Gasteiger partial charge in [-0.3, -0.25) is 0 Å². The van der Waals surface area contributed by atoms with Crippen molar-refractivity contribution >= 4 is 10.8 Å². The molecule has 0 heterocycles. The molecule has 0 saturated heterocycles. The maximum Gasteiger partial charge on any atom is 0.194 e. The van der Waals surface area contributed by atoms with Gasteiger partial charge in [0.15, 0.2) is 17.5 Å². The number of benzene rings is 4. The molecule has 0 radical (unpaired) electrons. The minimum atomic E-state index is -1.46. The van der Waals surface area contributed by atoms with Crippen LogP contribution in [0, 0.1) is 48.1 Å². The molecule has 4 aromatic rings. The molecule has 0 aliphatic heterocycles. The quantitative estimate of drug-likeness (QED) is 0.230. The maximum atomic E-state index is 14.1. The average Bonchev–Trinajstić information content (AvgIpc) is 2.81. The van der Waals surface area contributed by atoms with E-state index in [1.54, 1.807) is 6.92 Å². The highest BCUT2D eigenvalue weighted by Crippen LogP contribution is 2.23. The molecule has 0 saturated carbocycles. The minimum absolute atomic E-state index is 0.0706. The third-order valence-corrected chi connectivity index (χ3v) is 5.27. The number of rotatable bonds is 1. The van der Waals surface area contributed by atoms with Crippen molar-refractivity contribution in [1.29, 1.82) is 0 Å². The molecule has 0 aliphatic carbocycles. The van der Waals surface area contributed by atoms with Crippen LogP contribution in [-0.4, -0.2) is 0 Å². The van der Waals surface area contributed by atoms with Crippen LogP contribution in [0.1, 0.15) is 40.3 Å². The molecular weight excluding hydrogens is 405 g/mol. The minimum Gasteiger partial charge on any atom is -0.204 e. The Hall–Kier alpha value is -3.95. The van der Waals surface area contributed by atoms with Crippen LogP contribution in [0.25, 0.3) is 10.8 Å². The van der Waals surface area contributed by atoms with E-state index < -0.39 is 17.5 Å². The zero-order valence-electron chi connectivity index (χ0n) is 17.7. The molecule has 0 bridgehead atoms. The molecule has 4 aromatic carbocycles. The molecule has 0 atom stereocenters. The number of hydrogen-bond acceptors (Lipinski definition) is 0. The van der Waals surface area contributed by atoms with Gasteiger partial charge in [0.05, 0.1) is 0 Å². The fourth-order valence-electron chi connectivity index (χ4n) is 3.52. The topological polar surface area (TPSA) is 0 Å². The smallest absolute Gasteiger partial charge is 0.194 e. The molecule has 156 valence electrons. The molecule has 0 N–H and O–H groups in total. The van der Waals surface area contributed by atoms with E-state index in [1.807, 2.05) is 67.6 Å². The third kappa shape index (κ3) is 4.25. The highest BCUT2D eigenvalue weighted by atomic mass is 19.2. The van der Waals surface area contributed by atoms with Crippen molar-refractivity contribution in [3.63, 3.8) is 0 Å². The fourth-order valence-corrected chi connectivity index (χ4v) is 3.52. The third-order valence-electron chi connectivity index (χ3n) is 5.27. The summed E-state index contributed by atoms with van der Waals surface area (Å²) < 4.78 is 41.4. The molecule has 0 amide bonds. The Balaban J connectivity index is 1.78. The zero-order valence-corrected chi connectivity index (χ0v) is 17.7. The van der Waals surface area contributed by atoms with E-state index in [-0.39, 0.29) is 17.5 Å². The van der Waals surface area contributed by atoms with Crippen LogP contribution < -0.4 is 0 Å². The van der Waals surface area contributed by atoms with Gasteiger partial charge in [0, 0.05) is 27.8 Å². The zero-order chi connectivity index (χ0) is 22.7. The van der Waals surface area contributed by atoms with Crippen LogP contribution >= 0.6 is 0 Å². The van der Waals surface area contributed by atoms with E-state index >= 15 is 0 Å². The van der Waals surface area contributed by atoms with Gasteiger partial charge in [0.2, 0.25) is 0 Å². The van der Waals surface area contributed by atoms with Crippen molar-refractivity contribution < 1.29 is 13.2 Å². The van der Waals surface area contributed by atoms with Gasteiger partial charge < -0.3 is 0 Å². The van der Waals surface area contributed by atoms with Gasteiger partial charge in [-0.1, -0.05) is 72.6 Å². The van der Waals surface area contributed by atoms with Crippen molar-refractivity contribution in [3.8, 4) is 23.7 Å². The number of hydrogen-bond donors (Lipinski definition) is 0. The molecule has 0 aromatic heterocycles. The van der Waals surface area contributed by atoms with Crippen LogP contribution in [0.15, 0.2) is 66.7 Å². The second-order valence-corrected chi connectivity index (χ2v) is 7.44. The molecule has 3 heteroatoms. The van der Waals surface area contributed by atoms with Crippen LogP contribution in [0.2, 0.25) is 0 Å².